The number of nitrogens with one attached hydrogen (secondary N) is 1. The van der Waals surface area contributed by atoms with Gasteiger partial charge in [-0.3, -0.25) is 0 Å². The number of hydrogen-bond donors (Lipinski definition) is 2. The molecule has 0 fully saturated rings. The van der Waals surface area contributed by atoms with Crippen molar-refractivity contribution in [1.29, 1.82) is 0 Å². The molecule has 2 N–H and O–H groups in total. The third kappa shape index (κ3) is 1.88. The maximum absolute atomic E-state index is 9.91. The highest BCUT2D eigenvalue weighted by molar-refractivity contribution is 5.91. The average molecular weight is 265 g/mol. The molecule has 3 aromatic rings. The summed E-state index contributed by atoms with van der Waals surface area (Å²) in [4.78, 5) is 3.51. The summed E-state index contributed by atoms with van der Waals surface area (Å²) in [7, 11) is 0. The van der Waals surface area contributed by atoms with Gasteiger partial charge in [-0.05, 0) is 73.7 Å². The van der Waals surface area contributed by atoms with Gasteiger partial charge in [0.2, 0.25) is 0 Å². The second-order valence-corrected chi connectivity index (χ2v) is 5.63. The Labute approximate surface area is 119 Å². The molecule has 0 unspecified atom stereocenters. The zero-order chi connectivity index (χ0) is 14.4. The van der Waals surface area contributed by atoms with E-state index in [0.717, 1.165) is 22.4 Å². The van der Waals surface area contributed by atoms with Crippen LogP contribution < -0.4 is 0 Å². The standard InChI is InChI=1S/C18H19NO/c1-10-5-6-15-13(4)17(19-16(15)7-10)14-8-11(2)18(20)12(3)9-14/h5-9,19-20H,1-4H3. The summed E-state index contributed by atoms with van der Waals surface area (Å²) in [5, 5.41) is 11.2. The van der Waals surface area contributed by atoms with Gasteiger partial charge in [-0.25, -0.2) is 0 Å². The van der Waals surface area contributed by atoms with Gasteiger partial charge < -0.3 is 10.1 Å². The zero-order valence-corrected chi connectivity index (χ0v) is 12.3. The van der Waals surface area contributed by atoms with Gasteiger partial charge in [0.1, 0.15) is 5.75 Å². The monoisotopic (exact) mass is 265 g/mol. The lowest BCUT2D eigenvalue weighted by atomic mass is 10.0. The smallest absolute Gasteiger partial charge is 0.121 e. The molecule has 0 amide bonds. The van der Waals surface area contributed by atoms with Crippen LogP contribution in [0.25, 0.3) is 22.2 Å². The van der Waals surface area contributed by atoms with Crippen LogP contribution in [-0.4, -0.2) is 10.1 Å². The number of aromatic nitrogens is 1. The van der Waals surface area contributed by atoms with Gasteiger partial charge in [0.05, 0.1) is 0 Å². The van der Waals surface area contributed by atoms with Gasteiger partial charge >= 0.3 is 0 Å². The maximum atomic E-state index is 9.91. The fraction of sp³-hybridized carbons (Fsp3) is 0.222. The van der Waals surface area contributed by atoms with Crippen molar-refractivity contribution in [2.24, 2.45) is 0 Å². The number of aromatic hydroxyl groups is 1. The van der Waals surface area contributed by atoms with E-state index in [1.54, 1.807) is 0 Å². The summed E-state index contributed by atoms with van der Waals surface area (Å²) in [6, 6.07) is 10.5. The summed E-state index contributed by atoms with van der Waals surface area (Å²) < 4.78 is 0. The fourth-order valence-corrected chi connectivity index (χ4v) is 2.84. The molecule has 2 aromatic carbocycles. The van der Waals surface area contributed by atoms with E-state index in [2.05, 4.69) is 37.0 Å². The van der Waals surface area contributed by atoms with E-state index < -0.39 is 0 Å². The number of aromatic amines is 1. The van der Waals surface area contributed by atoms with Crippen LogP contribution in [-0.2, 0) is 0 Å². The Morgan fingerprint density at radius 3 is 2.20 bits per heavy atom. The molecule has 0 aliphatic rings. The van der Waals surface area contributed by atoms with Crippen molar-refractivity contribution in [3.63, 3.8) is 0 Å². The second kappa shape index (κ2) is 4.41. The molecule has 20 heavy (non-hydrogen) atoms. The Bertz CT molecular complexity index is 789. The van der Waals surface area contributed by atoms with Crippen molar-refractivity contribution in [2.45, 2.75) is 27.7 Å². The van der Waals surface area contributed by atoms with Crippen LogP contribution >= 0.6 is 0 Å². The molecule has 0 aliphatic carbocycles. The van der Waals surface area contributed by atoms with Gasteiger partial charge in [0, 0.05) is 16.6 Å². The lowest BCUT2D eigenvalue weighted by Gasteiger charge is -2.07. The maximum Gasteiger partial charge on any atom is 0.121 e. The lowest BCUT2D eigenvalue weighted by Crippen LogP contribution is -1.86. The average Bonchev–Trinajstić information content (AvgIpc) is 2.72. The van der Waals surface area contributed by atoms with Crippen LogP contribution in [0.2, 0.25) is 0 Å². The number of rotatable bonds is 1. The van der Waals surface area contributed by atoms with E-state index in [-0.39, 0.29) is 0 Å². The molecule has 0 spiro atoms. The van der Waals surface area contributed by atoms with Gasteiger partial charge in [-0.2, -0.15) is 0 Å². The Kier molecular flexibility index (Phi) is 2.82. The SMILES string of the molecule is Cc1ccc2c(C)c(-c3cc(C)c(O)c(C)c3)[nH]c2c1. The number of phenols is 1. The number of hydrogen-bond acceptors (Lipinski definition) is 1. The number of phenolic OH excluding ortho intramolecular Hbond substituents is 1. The quantitative estimate of drug-likeness (QED) is 0.653. The van der Waals surface area contributed by atoms with Crippen molar-refractivity contribution in [3.8, 4) is 17.0 Å². The van der Waals surface area contributed by atoms with Crippen molar-refractivity contribution in [2.75, 3.05) is 0 Å². The molecule has 102 valence electrons. The topological polar surface area (TPSA) is 36.0 Å². The minimum atomic E-state index is 0.387. The summed E-state index contributed by atoms with van der Waals surface area (Å²) >= 11 is 0. The normalized spacial score (nSPS) is 11.2. The second-order valence-electron chi connectivity index (χ2n) is 5.63. The molecule has 0 atom stereocenters. The molecule has 0 aliphatic heterocycles. The van der Waals surface area contributed by atoms with E-state index in [9.17, 15) is 5.11 Å². The van der Waals surface area contributed by atoms with Crippen molar-refractivity contribution < 1.29 is 5.11 Å². The van der Waals surface area contributed by atoms with Gasteiger partial charge in [0.15, 0.2) is 0 Å². The highest BCUT2D eigenvalue weighted by atomic mass is 16.3. The fourth-order valence-electron chi connectivity index (χ4n) is 2.84. The molecule has 0 bridgehead atoms. The molecular weight excluding hydrogens is 246 g/mol. The summed E-state index contributed by atoms with van der Waals surface area (Å²) in [5.74, 6) is 0.387. The van der Waals surface area contributed by atoms with Gasteiger partial charge in [-0.15, -0.1) is 0 Å². The van der Waals surface area contributed by atoms with Crippen molar-refractivity contribution in [3.05, 3.63) is 52.6 Å². The molecular formula is C18H19NO. The highest BCUT2D eigenvalue weighted by Gasteiger charge is 2.12. The molecule has 2 heteroatoms. The Balaban J connectivity index is 2.27. The molecule has 0 saturated carbocycles. The summed E-state index contributed by atoms with van der Waals surface area (Å²) in [5.41, 5.74) is 7.76. The molecule has 0 saturated heterocycles. The number of aryl methyl sites for hydroxylation is 4. The van der Waals surface area contributed by atoms with Gasteiger partial charge in [-0.1, -0.05) is 12.1 Å². The third-order valence-electron chi connectivity index (χ3n) is 3.99. The van der Waals surface area contributed by atoms with E-state index in [4.69, 9.17) is 0 Å². The predicted octanol–water partition coefficient (Wildman–Crippen LogP) is 4.77. The third-order valence-corrected chi connectivity index (χ3v) is 3.99. The van der Waals surface area contributed by atoms with E-state index in [1.807, 2.05) is 26.0 Å². The Morgan fingerprint density at radius 2 is 1.55 bits per heavy atom. The van der Waals surface area contributed by atoms with Crippen LogP contribution in [0.15, 0.2) is 30.3 Å². The molecule has 1 heterocycles. The highest BCUT2D eigenvalue weighted by Crippen LogP contribution is 2.33. The first kappa shape index (κ1) is 12.8. The molecule has 1 aromatic heterocycles. The largest absolute Gasteiger partial charge is 0.507 e. The number of H-pyrrole nitrogens is 1. The summed E-state index contributed by atoms with van der Waals surface area (Å²) in [6.45, 7) is 8.12. The lowest BCUT2D eigenvalue weighted by molar-refractivity contribution is 0.467. The van der Waals surface area contributed by atoms with Crippen LogP contribution in [0.3, 0.4) is 0 Å². The number of fused-ring (bicyclic) bond motifs is 1. The van der Waals surface area contributed by atoms with Crippen LogP contribution in [0.1, 0.15) is 22.3 Å². The van der Waals surface area contributed by atoms with E-state index in [1.165, 1.54) is 22.0 Å². The van der Waals surface area contributed by atoms with Crippen LogP contribution in [0, 0.1) is 27.7 Å². The van der Waals surface area contributed by atoms with Gasteiger partial charge in [0.25, 0.3) is 0 Å². The van der Waals surface area contributed by atoms with Crippen LogP contribution in [0.5, 0.6) is 5.75 Å². The number of benzene rings is 2. The first-order valence-electron chi connectivity index (χ1n) is 6.87. The molecule has 2 nitrogen and oxygen atoms in total. The summed E-state index contributed by atoms with van der Waals surface area (Å²) in [6.07, 6.45) is 0. The minimum Gasteiger partial charge on any atom is -0.507 e. The predicted molar refractivity (Wildman–Crippen MR) is 84.3 cm³/mol. The van der Waals surface area contributed by atoms with E-state index >= 15 is 0 Å². The zero-order valence-electron chi connectivity index (χ0n) is 12.3. The minimum absolute atomic E-state index is 0.387. The van der Waals surface area contributed by atoms with Crippen molar-refractivity contribution in [1.82, 2.24) is 4.98 Å². The molecule has 0 radical (unpaired) electrons. The Morgan fingerprint density at radius 1 is 0.900 bits per heavy atom. The van der Waals surface area contributed by atoms with Crippen molar-refractivity contribution >= 4 is 10.9 Å². The Hall–Kier alpha value is -2.22. The van der Waals surface area contributed by atoms with E-state index in [0.29, 0.717) is 5.75 Å². The van der Waals surface area contributed by atoms with Crippen LogP contribution in [0.4, 0.5) is 0 Å². The first-order chi connectivity index (χ1) is 9.47. The molecule has 3 rings (SSSR count). The first-order valence-corrected chi connectivity index (χ1v) is 6.87.